The second-order valence-corrected chi connectivity index (χ2v) is 7.36. The first kappa shape index (κ1) is 18.5. The molecule has 1 aromatic carbocycles. The van der Waals surface area contributed by atoms with Crippen LogP contribution in [0.4, 0.5) is 4.79 Å². The molecular formula is C17H20N2O6S. The van der Waals surface area contributed by atoms with Crippen molar-refractivity contribution in [1.29, 1.82) is 0 Å². The maximum Gasteiger partial charge on any atom is 0.332 e. The number of carbonyl (C=O) groups is 3. The lowest BCUT2D eigenvalue weighted by atomic mass is 9.73. The van der Waals surface area contributed by atoms with Crippen molar-refractivity contribution in [3.8, 4) is 11.5 Å². The third-order valence-electron chi connectivity index (χ3n) is 4.96. The number of benzene rings is 1. The fourth-order valence-corrected chi connectivity index (χ4v) is 5.15. The Bertz CT molecular complexity index is 759. The Balaban J connectivity index is 2.15. The Morgan fingerprint density at radius 3 is 2.19 bits per heavy atom. The molecule has 4 amide bonds. The summed E-state index contributed by atoms with van der Waals surface area (Å²) < 4.78 is 10.5. The summed E-state index contributed by atoms with van der Waals surface area (Å²) in [6, 6.07) is 4.40. The maximum absolute atomic E-state index is 13.0. The average Bonchev–Trinajstić information content (AvgIpc) is 3.00. The molecule has 0 saturated carbocycles. The van der Waals surface area contributed by atoms with Crippen LogP contribution in [0.1, 0.15) is 10.8 Å². The van der Waals surface area contributed by atoms with E-state index in [2.05, 4.69) is 0 Å². The van der Waals surface area contributed by atoms with Crippen molar-refractivity contribution in [1.82, 2.24) is 9.80 Å². The number of carbonyl (C=O) groups excluding carboxylic acids is 3. The second kappa shape index (κ2) is 6.48. The van der Waals surface area contributed by atoms with Crippen LogP contribution in [-0.4, -0.2) is 72.9 Å². The Kier molecular flexibility index (Phi) is 4.61. The maximum atomic E-state index is 13.0. The predicted molar refractivity (Wildman–Crippen MR) is 94.1 cm³/mol. The summed E-state index contributed by atoms with van der Waals surface area (Å²) in [5.74, 6) is -0.215. The summed E-state index contributed by atoms with van der Waals surface area (Å²) in [6.45, 7) is 0. The number of rotatable bonds is 3. The van der Waals surface area contributed by atoms with Crippen molar-refractivity contribution in [2.24, 2.45) is 5.41 Å². The minimum atomic E-state index is -1.75. The third kappa shape index (κ3) is 2.30. The van der Waals surface area contributed by atoms with Gasteiger partial charge in [-0.2, -0.15) is 0 Å². The van der Waals surface area contributed by atoms with Crippen LogP contribution in [0.3, 0.4) is 0 Å². The molecule has 2 unspecified atom stereocenters. The van der Waals surface area contributed by atoms with Crippen molar-refractivity contribution in [3.63, 3.8) is 0 Å². The minimum Gasteiger partial charge on any atom is -0.493 e. The number of amides is 4. The number of urea groups is 1. The molecular weight excluding hydrogens is 360 g/mol. The van der Waals surface area contributed by atoms with Crippen molar-refractivity contribution in [2.45, 2.75) is 11.4 Å². The molecule has 2 aliphatic rings. The highest BCUT2D eigenvalue weighted by molar-refractivity contribution is 8.00. The van der Waals surface area contributed by atoms with Gasteiger partial charge in [-0.1, -0.05) is 6.07 Å². The van der Waals surface area contributed by atoms with E-state index in [-0.39, 0.29) is 5.75 Å². The molecule has 2 fully saturated rings. The van der Waals surface area contributed by atoms with Gasteiger partial charge >= 0.3 is 6.03 Å². The highest BCUT2D eigenvalue weighted by Crippen LogP contribution is 2.57. The smallest absolute Gasteiger partial charge is 0.332 e. The molecule has 8 nitrogen and oxygen atoms in total. The van der Waals surface area contributed by atoms with E-state index in [0.717, 1.165) is 9.80 Å². The molecule has 2 aliphatic heterocycles. The van der Waals surface area contributed by atoms with E-state index in [4.69, 9.17) is 9.47 Å². The first-order chi connectivity index (χ1) is 12.3. The lowest BCUT2D eigenvalue weighted by molar-refractivity contribution is -0.163. The van der Waals surface area contributed by atoms with Crippen LogP contribution >= 0.6 is 11.8 Å². The third-order valence-corrected chi connectivity index (χ3v) is 6.45. The normalized spacial score (nSPS) is 25.2. The predicted octanol–water partition coefficient (Wildman–Crippen LogP) is 0.889. The number of aliphatic hydroxyl groups is 1. The van der Waals surface area contributed by atoms with Crippen molar-refractivity contribution in [2.75, 3.05) is 34.1 Å². The zero-order chi connectivity index (χ0) is 19.2. The number of thioether (sulfide) groups is 1. The molecule has 140 valence electrons. The van der Waals surface area contributed by atoms with Crippen molar-refractivity contribution < 1.29 is 29.0 Å². The van der Waals surface area contributed by atoms with Gasteiger partial charge in [-0.05, 0) is 17.7 Å². The van der Waals surface area contributed by atoms with Crippen LogP contribution in [0.5, 0.6) is 11.5 Å². The summed E-state index contributed by atoms with van der Waals surface area (Å²) >= 11 is 1.30. The Morgan fingerprint density at radius 2 is 1.65 bits per heavy atom. The molecule has 0 aliphatic carbocycles. The fourth-order valence-electron chi connectivity index (χ4n) is 3.55. The number of hydrogen-bond donors (Lipinski definition) is 1. The zero-order valence-corrected chi connectivity index (χ0v) is 15.7. The van der Waals surface area contributed by atoms with Crippen LogP contribution in [0.25, 0.3) is 0 Å². The molecule has 2 atom stereocenters. The highest BCUT2D eigenvalue weighted by atomic mass is 32.2. The molecule has 0 bridgehead atoms. The van der Waals surface area contributed by atoms with Gasteiger partial charge in [0, 0.05) is 19.8 Å². The van der Waals surface area contributed by atoms with E-state index < -0.39 is 34.6 Å². The number of aliphatic hydroxyl groups excluding tert-OH is 1. The van der Waals surface area contributed by atoms with Gasteiger partial charge in [-0.25, -0.2) is 4.79 Å². The second-order valence-electron chi connectivity index (χ2n) is 6.22. The molecule has 0 radical (unpaired) electrons. The molecule has 2 heterocycles. The number of barbiturate groups is 1. The average molecular weight is 380 g/mol. The highest BCUT2D eigenvalue weighted by Gasteiger charge is 2.67. The monoisotopic (exact) mass is 380 g/mol. The molecule has 0 aromatic heterocycles. The van der Waals surface area contributed by atoms with Gasteiger partial charge in [0.2, 0.25) is 11.8 Å². The number of methoxy groups -OCH3 is 2. The van der Waals surface area contributed by atoms with Gasteiger partial charge in [0.05, 0.1) is 25.6 Å². The largest absolute Gasteiger partial charge is 0.493 e. The number of imide groups is 2. The van der Waals surface area contributed by atoms with Crippen LogP contribution in [-0.2, 0) is 9.59 Å². The van der Waals surface area contributed by atoms with Gasteiger partial charge in [0.1, 0.15) is 0 Å². The summed E-state index contributed by atoms with van der Waals surface area (Å²) in [4.78, 5) is 39.9. The van der Waals surface area contributed by atoms with E-state index in [0.29, 0.717) is 17.1 Å². The number of ether oxygens (including phenoxy) is 2. The first-order valence-electron chi connectivity index (χ1n) is 7.92. The van der Waals surface area contributed by atoms with E-state index in [1.165, 1.54) is 40.1 Å². The zero-order valence-electron chi connectivity index (χ0n) is 14.9. The van der Waals surface area contributed by atoms with E-state index in [1.54, 1.807) is 18.2 Å². The van der Waals surface area contributed by atoms with Crippen molar-refractivity contribution in [3.05, 3.63) is 23.8 Å². The lowest BCUT2D eigenvalue weighted by Gasteiger charge is -2.43. The molecule has 1 aromatic rings. The minimum absolute atomic E-state index is 0.201. The molecule has 1 spiro atoms. The van der Waals surface area contributed by atoms with Crippen LogP contribution in [0.15, 0.2) is 18.2 Å². The summed E-state index contributed by atoms with van der Waals surface area (Å²) in [7, 11) is 5.63. The van der Waals surface area contributed by atoms with E-state index in [9.17, 15) is 19.5 Å². The summed E-state index contributed by atoms with van der Waals surface area (Å²) in [5, 5.41) is 9.99. The lowest BCUT2D eigenvalue weighted by Crippen LogP contribution is -2.67. The van der Waals surface area contributed by atoms with Gasteiger partial charge in [-0.15, -0.1) is 11.8 Å². The molecule has 9 heteroatoms. The molecule has 2 saturated heterocycles. The van der Waals surface area contributed by atoms with Gasteiger partial charge in [-0.3, -0.25) is 19.4 Å². The first-order valence-corrected chi connectivity index (χ1v) is 8.97. The topological polar surface area (TPSA) is 96.4 Å². The van der Waals surface area contributed by atoms with Gasteiger partial charge in [0.15, 0.2) is 16.9 Å². The standard InChI is InChI=1S/C17H20N2O6S/c1-18-14(21)17(15(22)19(2)16(18)23)12(20)8-26-13(17)9-5-6-10(24-3)11(7-9)25-4/h5-7,12-13,20H,8H2,1-4H3. The van der Waals surface area contributed by atoms with Crippen LogP contribution in [0, 0.1) is 5.41 Å². The van der Waals surface area contributed by atoms with Gasteiger partial charge in [0.25, 0.3) is 0 Å². The van der Waals surface area contributed by atoms with Gasteiger partial charge < -0.3 is 14.6 Å². The van der Waals surface area contributed by atoms with Crippen molar-refractivity contribution >= 4 is 29.6 Å². The van der Waals surface area contributed by atoms with E-state index in [1.807, 2.05) is 0 Å². The quantitative estimate of drug-likeness (QED) is 0.778. The fraction of sp³-hybridized carbons (Fsp3) is 0.471. The number of nitrogens with zero attached hydrogens (tertiary/aromatic N) is 2. The Morgan fingerprint density at radius 1 is 1.08 bits per heavy atom. The van der Waals surface area contributed by atoms with E-state index >= 15 is 0 Å². The molecule has 3 rings (SSSR count). The Hall–Kier alpha value is -2.26. The number of hydrogen-bond acceptors (Lipinski definition) is 7. The SMILES string of the molecule is COc1ccc(C2SCC(O)C23C(=O)N(C)C(=O)N(C)C3=O)cc1OC. The summed E-state index contributed by atoms with van der Waals surface area (Å²) in [5.41, 5.74) is -1.11. The summed E-state index contributed by atoms with van der Waals surface area (Å²) in [6.07, 6.45) is -1.21. The molecule has 26 heavy (non-hydrogen) atoms. The van der Waals surface area contributed by atoms with Crippen LogP contribution < -0.4 is 9.47 Å². The van der Waals surface area contributed by atoms with Crippen LogP contribution in [0.2, 0.25) is 0 Å². The Labute approximate surface area is 155 Å². The molecule has 1 N–H and O–H groups in total.